The van der Waals surface area contributed by atoms with Crippen molar-refractivity contribution < 1.29 is 5.11 Å². The molecule has 17 heavy (non-hydrogen) atoms. The average Bonchev–Trinajstić information content (AvgIpc) is 2.39. The first-order valence-electron chi connectivity index (χ1n) is 5.84. The highest BCUT2D eigenvalue weighted by atomic mass is 16.3. The predicted molar refractivity (Wildman–Crippen MR) is 67.8 cm³/mol. The number of rotatable bonds is 2. The Labute approximate surface area is 102 Å². The summed E-state index contributed by atoms with van der Waals surface area (Å²) in [5.41, 5.74) is 2.50. The molecule has 0 aliphatic carbocycles. The minimum atomic E-state index is -0.511. The first kappa shape index (κ1) is 11.7. The van der Waals surface area contributed by atoms with Gasteiger partial charge in [-0.3, -0.25) is 0 Å². The zero-order chi connectivity index (χ0) is 12.3. The van der Waals surface area contributed by atoms with Gasteiger partial charge in [0.15, 0.2) is 0 Å². The molecule has 0 spiro atoms. The summed E-state index contributed by atoms with van der Waals surface area (Å²) in [5, 5.41) is 18.7. The quantitative estimate of drug-likeness (QED) is 0.790. The SMILES string of the molecule is CC(O)c1ccc(C#N)cc1N1CC=CCC1. The van der Waals surface area contributed by atoms with Crippen molar-refractivity contribution in [2.45, 2.75) is 19.4 Å². The fourth-order valence-corrected chi connectivity index (χ4v) is 2.10. The topological polar surface area (TPSA) is 47.3 Å². The van der Waals surface area contributed by atoms with E-state index in [1.165, 1.54) is 0 Å². The molecule has 1 aromatic carbocycles. The van der Waals surface area contributed by atoms with Gasteiger partial charge in [0.1, 0.15) is 0 Å². The molecule has 0 radical (unpaired) electrons. The largest absolute Gasteiger partial charge is 0.389 e. The summed E-state index contributed by atoms with van der Waals surface area (Å²) in [4.78, 5) is 2.20. The normalized spacial score (nSPS) is 16.6. The van der Waals surface area contributed by atoms with Crippen molar-refractivity contribution in [1.29, 1.82) is 5.26 Å². The molecule has 0 amide bonds. The second-order valence-electron chi connectivity index (χ2n) is 4.27. The molecule has 1 aliphatic heterocycles. The molecular formula is C14H16N2O. The standard InChI is InChI=1S/C14H16N2O/c1-11(17)13-6-5-12(10-15)9-14(13)16-7-3-2-4-8-16/h2-3,5-6,9,11,17H,4,7-8H2,1H3. The molecule has 0 fully saturated rings. The smallest absolute Gasteiger partial charge is 0.0992 e. The van der Waals surface area contributed by atoms with Crippen LogP contribution in [-0.4, -0.2) is 18.2 Å². The summed E-state index contributed by atoms with van der Waals surface area (Å²) < 4.78 is 0. The molecule has 1 atom stereocenters. The molecule has 1 aromatic rings. The van der Waals surface area contributed by atoms with Crippen LogP contribution in [0.5, 0.6) is 0 Å². The first-order chi connectivity index (χ1) is 8.22. The van der Waals surface area contributed by atoms with Crippen LogP contribution in [0.1, 0.15) is 30.6 Å². The zero-order valence-corrected chi connectivity index (χ0v) is 9.93. The van der Waals surface area contributed by atoms with Crippen LogP contribution in [-0.2, 0) is 0 Å². The van der Waals surface area contributed by atoms with Gasteiger partial charge in [0.05, 0.1) is 17.7 Å². The van der Waals surface area contributed by atoms with Crippen molar-refractivity contribution in [2.75, 3.05) is 18.0 Å². The second kappa shape index (κ2) is 5.03. The maximum atomic E-state index is 9.77. The number of nitriles is 1. The lowest BCUT2D eigenvalue weighted by atomic mass is 10.0. The summed E-state index contributed by atoms with van der Waals surface area (Å²) in [7, 11) is 0. The molecule has 1 unspecified atom stereocenters. The lowest BCUT2D eigenvalue weighted by molar-refractivity contribution is 0.199. The summed E-state index contributed by atoms with van der Waals surface area (Å²) >= 11 is 0. The summed E-state index contributed by atoms with van der Waals surface area (Å²) in [6.45, 7) is 3.53. The fourth-order valence-electron chi connectivity index (χ4n) is 2.10. The van der Waals surface area contributed by atoms with Gasteiger partial charge < -0.3 is 10.0 Å². The van der Waals surface area contributed by atoms with E-state index in [4.69, 9.17) is 5.26 Å². The highest BCUT2D eigenvalue weighted by molar-refractivity contribution is 5.59. The summed E-state index contributed by atoms with van der Waals surface area (Å²) in [5.74, 6) is 0. The Bertz CT molecular complexity index is 472. The van der Waals surface area contributed by atoms with Gasteiger partial charge in [-0.1, -0.05) is 18.2 Å². The summed E-state index contributed by atoms with van der Waals surface area (Å²) in [6, 6.07) is 7.61. The Morgan fingerprint density at radius 2 is 2.24 bits per heavy atom. The van der Waals surface area contributed by atoms with Crippen LogP contribution in [0.15, 0.2) is 30.4 Å². The number of anilines is 1. The third-order valence-corrected chi connectivity index (χ3v) is 3.01. The van der Waals surface area contributed by atoms with Gasteiger partial charge in [0, 0.05) is 24.3 Å². The van der Waals surface area contributed by atoms with Crippen molar-refractivity contribution in [3.63, 3.8) is 0 Å². The van der Waals surface area contributed by atoms with E-state index in [1.54, 1.807) is 13.0 Å². The molecular weight excluding hydrogens is 212 g/mol. The molecule has 88 valence electrons. The zero-order valence-electron chi connectivity index (χ0n) is 9.93. The molecule has 0 aromatic heterocycles. The average molecular weight is 228 g/mol. The first-order valence-corrected chi connectivity index (χ1v) is 5.84. The van der Waals surface area contributed by atoms with E-state index >= 15 is 0 Å². The third kappa shape index (κ3) is 2.48. The Morgan fingerprint density at radius 1 is 1.41 bits per heavy atom. The molecule has 3 heteroatoms. The second-order valence-corrected chi connectivity index (χ2v) is 4.27. The predicted octanol–water partition coefficient (Wildman–Crippen LogP) is 2.38. The molecule has 1 aliphatic rings. The van der Waals surface area contributed by atoms with Crippen LogP contribution in [0, 0.1) is 11.3 Å². The van der Waals surface area contributed by atoms with Crippen LogP contribution in [0.3, 0.4) is 0 Å². The van der Waals surface area contributed by atoms with Crippen molar-refractivity contribution in [2.24, 2.45) is 0 Å². The van der Waals surface area contributed by atoms with Gasteiger partial charge in [-0.2, -0.15) is 5.26 Å². The van der Waals surface area contributed by atoms with Gasteiger partial charge in [0.25, 0.3) is 0 Å². The van der Waals surface area contributed by atoms with E-state index in [0.717, 1.165) is 30.8 Å². The van der Waals surface area contributed by atoms with Crippen LogP contribution in [0.4, 0.5) is 5.69 Å². The lowest BCUT2D eigenvalue weighted by Crippen LogP contribution is -2.28. The number of nitrogens with zero attached hydrogens (tertiary/aromatic N) is 2. The van der Waals surface area contributed by atoms with E-state index in [0.29, 0.717) is 5.56 Å². The highest BCUT2D eigenvalue weighted by Crippen LogP contribution is 2.28. The van der Waals surface area contributed by atoms with Crippen molar-refractivity contribution in [3.05, 3.63) is 41.5 Å². The maximum Gasteiger partial charge on any atom is 0.0992 e. The Hall–Kier alpha value is -1.79. The Balaban J connectivity index is 2.41. The molecule has 1 N–H and O–H groups in total. The molecule has 1 heterocycles. The number of benzene rings is 1. The van der Waals surface area contributed by atoms with Gasteiger partial charge in [0.2, 0.25) is 0 Å². The van der Waals surface area contributed by atoms with Crippen LogP contribution in [0.25, 0.3) is 0 Å². The van der Waals surface area contributed by atoms with Crippen LogP contribution >= 0.6 is 0 Å². The van der Waals surface area contributed by atoms with Gasteiger partial charge in [-0.05, 0) is 25.5 Å². The molecule has 3 nitrogen and oxygen atoms in total. The maximum absolute atomic E-state index is 9.77. The van der Waals surface area contributed by atoms with E-state index in [2.05, 4.69) is 23.1 Å². The number of hydrogen-bond acceptors (Lipinski definition) is 3. The van der Waals surface area contributed by atoms with E-state index in [-0.39, 0.29) is 0 Å². The van der Waals surface area contributed by atoms with Crippen molar-refractivity contribution in [3.8, 4) is 6.07 Å². The minimum Gasteiger partial charge on any atom is -0.389 e. The lowest BCUT2D eigenvalue weighted by Gasteiger charge is -2.28. The summed E-state index contributed by atoms with van der Waals surface area (Å²) in [6.07, 6.45) is 4.78. The van der Waals surface area contributed by atoms with Crippen LogP contribution < -0.4 is 4.90 Å². The minimum absolute atomic E-state index is 0.511. The highest BCUT2D eigenvalue weighted by Gasteiger charge is 2.15. The van der Waals surface area contributed by atoms with E-state index in [9.17, 15) is 5.11 Å². The van der Waals surface area contributed by atoms with E-state index in [1.807, 2.05) is 12.1 Å². The number of aliphatic hydroxyl groups excluding tert-OH is 1. The van der Waals surface area contributed by atoms with E-state index < -0.39 is 6.10 Å². The van der Waals surface area contributed by atoms with Gasteiger partial charge in [-0.15, -0.1) is 0 Å². The molecule has 2 rings (SSSR count). The molecule has 0 bridgehead atoms. The van der Waals surface area contributed by atoms with Crippen LogP contribution in [0.2, 0.25) is 0 Å². The monoisotopic (exact) mass is 228 g/mol. The Morgan fingerprint density at radius 3 is 2.82 bits per heavy atom. The third-order valence-electron chi connectivity index (χ3n) is 3.01. The number of hydrogen-bond donors (Lipinski definition) is 1. The number of aliphatic hydroxyl groups is 1. The molecule has 0 saturated carbocycles. The van der Waals surface area contributed by atoms with Crippen molar-refractivity contribution in [1.82, 2.24) is 0 Å². The van der Waals surface area contributed by atoms with Crippen molar-refractivity contribution >= 4 is 5.69 Å². The Kier molecular flexibility index (Phi) is 3.46. The van der Waals surface area contributed by atoms with Gasteiger partial charge in [-0.25, -0.2) is 0 Å². The van der Waals surface area contributed by atoms with Gasteiger partial charge >= 0.3 is 0 Å². The fraction of sp³-hybridized carbons (Fsp3) is 0.357. The molecule has 0 saturated heterocycles.